The van der Waals surface area contributed by atoms with E-state index in [2.05, 4.69) is 6.58 Å². The fraction of sp³-hybridized carbons (Fsp3) is 0.750. The Labute approximate surface area is 183 Å². The predicted molar refractivity (Wildman–Crippen MR) is 112 cm³/mol. The Morgan fingerprint density at radius 1 is 1.03 bits per heavy atom. The second kappa shape index (κ2) is 7.26. The monoisotopic (exact) mass is 434 g/mol. The normalized spacial score (nSPS) is 44.0. The summed E-state index contributed by atoms with van der Waals surface area (Å²) in [5, 5.41) is 0. The molecule has 172 valence electrons. The zero-order valence-corrected chi connectivity index (χ0v) is 19.6. The third-order valence-electron chi connectivity index (χ3n) is 7.73. The maximum absolute atomic E-state index is 14.0. The first-order valence-electron chi connectivity index (χ1n) is 10.9. The van der Waals surface area contributed by atoms with Crippen LogP contribution in [-0.2, 0) is 33.4 Å². The van der Waals surface area contributed by atoms with Gasteiger partial charge < -0.3 is 14.2 Å². The highest BCUT2D eigenvalue weighted by atomic mass is 16.6. The molecule has 3 rings (SSSR count). The summed E-state index contributed by atoms with van der Waals surface area (Å²) in [4.78, 5) is 51.6. The number of hydrogen-bond acceptors (Lipinski definition) is 7. The van der Waals surface area contributed by atoms with E-state index in [4.69, 9.17) is 14.2 Å². The standard InChI is InChI=1S/C24H34O7/c1-9-22(6)12-15(27)18-23(7)16(29-13(2)25)10-11-21(4,5)19(23)17(28)20(30-14(3)26)24(18,8)31-22/h9,16,18-20H,1,10-12H2,2-8H3/t16-,18+,19-,20-,22-,23+,24-/m0/s1. The average molecular weight is 435 g/mol. The van der Waals surface area contributed by atoms with Gasteiger partial charge in [-0.1, -0.05) is 26.8 Å². The zero-order valence-electron chi connectivity index (χ0n) is 19.6. The van der Waals surface area contributed by atoms with Gasteiger partial charge in [0, 0.05) is 31.6 Å². The van der Waals surface area contributed by atoms with Crippen LogP contribution in [0.4, 0.5) is 0 Å². The zero-order chi connectivity index (χ0) is 23.6. The lowest BCUT2D eigenvalue weighted by Crippen LogP contribution is -2.77. The van der Waals surface area contributed by atoms with Crippen molar-refractivity contribution in [2.24, 2.45) is 22.7 Å². The van der Waals surface area contributed by atoms with E-state index >= 15 is 0 Å². The average Bonchev–Trinajstić information content (AvgIpc) is 2.59. The van der Waals surface area contributed by atoms with Crippen molar-refractivity contribution >= 4 is 23.5 Å². The van der Waals surface area contributed by atoms with E-state index < -0.39 is 58.0 Å². The van der Waals surface area contributed by atoms with Crippen molar-refractivity contribution in [1.82, 2.24) is 0 Å². The Morgan fingerprint density at radius 3 is 2.13 bits per heavy atom. The van der Waals surface area contributed by atoms with Crippen molar-refractivity contribution in [1.29, 1.82) is 0 Å². The molecule has 2 saturated carbocycles. The lowest BCUT2D eigenvalue weighted by atomic mass is 9.42. The fourth-order valence-corrected chi connectivity index (χ4v) is 6.84. The first-order valence-corrected chi connectivity index (χ1v) is 10.9. The Morgan fingerprint density at radius 2 is 1.61 bits per heavy atom. The van der Waals surface area contributed by atoms with E-state index in [1.165, 1.54) is 13.8 Å². The van der Waals surface area contributed by atoms with E-state index in [0.717, 1.165) is 0 Å². The van der Waals surface area contributed by atoms with Gasteiger partial charge in [-0.05, 0) is 32.1 Å². The molecule has 31 heavy (non-hydrogen) atoms. The number of ketones is 2. The van der Waals surface area contributed by atoms with Crippen molar-refractivity contribution in [3.05, 3.63) is 12.7 Å². The van der Waals surface area contributed by atoms with Gasteiger partial charge in [0.15, 0.2) is 11.9 Å². The third kappa shape index (κ3) is 3.45. The quantitative estimate of drug-likeness (QED) is 0.497. The summed E-state index contributed by atoms with van der Waals surface area (Å²) in [7, 11) is 0. The summed E-state index contributed by atoms with van der Waals surface area (Å²) in [5.74, 6) is -2.93. The van der Waals surface area contributed by atoms with Crippen molar-refractivity contribution < 1.29 is 33.4 Å². The molecule has 0 aromatic rings. The van der Waals surface area contributed by atoms with Gasteiger partial charge in [-0.25, -0.2) is 0 Å². The van der Waals surface area contributed by atoms with Crippen LogP contribution in [0.2, 0.25) is 0 Å². The number of rotatable bonds is 3. The molecule has 1 heterocycles. The van der Waals surface area contributed by atoms with Gasteiger partial charge in [-0.3, -0.25) is 19.2 Å². The summed E-state index contributed by atoms with van der Waals surface area (Å²) >= 11 is 0. The molecular formula is C24H34O7. The topological polar surface area (TPSA) is 96.0 Å². The van der Waals surface area contributed by atoms with Crippen LogP contribution < -0.4 is 0 Å². The Balaban J connectivity index is 2.28. The van der Waals surface area contributed by atoms with Crippen LogP contribution in [0.25, 0.3) is 0 Å². The van der Waals surface area contributed by atoms with Gasteiger partial charge in [0.05, 0.1) is 11.5 Å². The number of esters is 2. The summed E-state index contributed by atoms with van der Waals surface area (Å²) in [6.07, 6.45) is 0.913. The number of Topliss-reactive ketones (excluding diaryl/α,β-unsaturated/α-hetero) is 2. The lowest BCUT2D eigenvalue weighted by Gasteiger charge is -2.65. The van der Waals surface area contributed by atoms with Gasteiger partial charge in [-0.2, -0.15) is 0 Å². The van der Waals surface area contributed by atoms with Crippen molar-refractivity contribution in [3.8, 4) is 0 Å². The van der Waals surface area contributed by atoms with E-state index in [9.17, 15) is 19.2 Å². The summed E-state index contributed by atoms with van der Waals surface area (Å²) in [5.41, 5.74) is -3.92. The molecule has 0 spiro atoms. The molecule has 1 aliphatic heterocycles. The molecule has 0 radical (unpaired) electrons. The molecule has 0 N–H and O–H groups in total. The maximum atomic E-state index is 14.0. The Hall–Kier alpha value is -2.02. The summed E-state index contributed by atoms with van der Waals surface area (Å²) in [6.45, 7) is 15.6. The highest BCUT2D eigenvalue weighted by molar-refractivity contribution is 5.96. The van der Waals surface area contributed by atoms with Crippen LogP contribution >= 0.6 is 0 Å². The van der Waals surface area contributed by atoms with Crippen LogP contribution in [0.3, 0.4) is 0 Å². The van der Waals surface area contributed by atoms with E-state index in [0.29, 0.717) is 12.8 Å². The summed E-state index contributed by atoms with van der Waals surface area (Å²) < 4.78 is 17.7. The van der Waals surface area contributed by atoms with Crippen LogP contribution in [0, 0.1) is 22.7 Å². The molecule has 3 aliphatic rings. The molecule has 0 unspecified atom stereocenters. The first-order chi connectivity index (χ1) is 14.1. The molecule has 0 aromatic heterocycles. The molecule has 7 atom stereocenters. The highest BCUT2D eigenvalue weighted by Crippen LogP contribution is 2.64. The molecule has 0 amide bonds. The van der Waals surface area contributed by atoms with Gasteiger partial charge in [0.25, 0.3) is 0 Å². The van der Waals surface area contributed by atoms with Gasteiger partial charge in [0.1, 0.15) is 17.5 Å². The largest absolute Gasteiger partial charge is 0.462 e. The molecule has 7 nitrogen and oxygen atoms in total. The minimum Gasteiger partial charge on any atom is -0.462 e. The van der Waals surface area contributed by atoms with Crippen molar-refractivity contribution in [3.63, 3.8) is 0 Å². The number of carbonyl (C=O) groups excluding carboxylic acids is 4. The predicted octanol–water partition coefficient (Wildman–Crippen LogP) is 3.18. The SMILES string of the molecule is C=C[C@@]1(C)CC(=O)[C@H]2[C@](C)(O1)[C@@H](OC(C)=O)C(=O)[C@H]1C(C)(C)CC[C@H](OC(C)=O)[C@@]12C. The van der Waals surface area contributed by atoms with E-state index in [1.807, 2.05) is 20.8 Å². The molecular weight excluding hydrogens is 400 g/mol. The lowest BCUT2D eigenvalue weighted by molar-refractivity contribution is -0.279. The molecule has 0 bridgehead atoms. The van der Waals surface area contributed by atoms with Crippen LogP contribution in [-0.4, -0.2) is 46.9 Å². The Kier molecular flexibility index (Phi) is 5.53. The van der Waals surface area contributed by atoms with Crippen LogP contribution in [0.1, 0.15) is 67.7 Å². The molecule has 1 saturated heterocycles. The number of fused-ring (bicyclic) bond motifs is 3. The van der Waals surface area contributed by atoms with Gasteiger partial charge in [0.2, 0.25) is 0 Å². The maximum Gasteiger partial charge on any atom is 0.303 e. The number of hydrogen-bond donors (Lipinski definition) is 0. The van der Waals surface area contributed by atoms with E-state index in [1.54, 1.807) is 19.9 Å². The minimum atomic E-state index is -1.42. The van der Waals surface area contributed by atoms with Crippen LogP contribution in [0.15, 0.2) is 12.7 Å². The molecule has 3 fully saturated rings. The van der Waals surface area contributed by atoms with Crippen LogP contribution in [0.5, 0.6) is 0 Å². The molecule has 0 aromatic carbocycles. The number of ether oxygens (including phenoxy) is 3. The van der Waals surface area contributed by atoms with Gasteiger partial charge in [-0.15, -0.1) is 6.58 Å². The minimum absolute atomic E-state index is 0.0767. The van der Waals surface area contributed by atoms with Gasteiger partial charge >= 0.3 is 11.9 Å². The number of carbonyl (C=O) groups is 4. The summed E-state index contributed by atoms with van der Waals surface area (Å²) in [6, 6.07) is 0. The second-order valence-electron chi connectivity index (χ2n) is 10.7. The third-order valence-corrected chi connectivity index (χ3v) is 7.73. The van der Waals surface area contributed by atoms with Crippen molar-refractivity contribution in [2.75, 3.05) is 0 Å². The molecule has 7 heteroatoms. The van der Waals surface area contributed by atoms with Crippen molar-refractivity contribution in [2.45, 2.75) is 91.1 Å². The highest BCUT2D eigenvalue weighted by Gasteiger charge is 2.74. The van der Waals surface area contributed by atoms with E-state index in [-0.39, 0.29) is 18.0 Å². The fourth-order valence-electron chi connectivity index (χ4n) is 6.84. The Bertz CT molecular complexity index is 845. The smallest absolute Gasteiger partial charge is 0.303 e. The second-order valence-corrected chi connectivity index (χ2v) is 10.7. The molecule has 2 aliphatic carbocycles. The first kappa shape index (κ1) is 23.6.